The van der Waals surface area contributed by atoms with Crippen molar-refractivity contribution in [3.05, 3.63) is 12.2 Å². The van der Waals surface area contributed by atoms with Gasteiger partial charge in [0.15, 0.2) is 0 Å². The fourth-order valence-corrected chi connectivity index (χ4v) is 0.950. The number of rotatable bonds is 2. The van der Waals surface area contributed by atoms with Crippen LogP contribution in [0.5, 0.6) is 0 Å². The van der Waals surface area contributed by atoms with E-state index in [2.05, 4.69) is 12.6 Å². The van der Waals surface area contributed by atoms with Crippen LogP contribution >= 0.6 is 12.6 Å². The fraction of sp³-hybridized carbons (Fsp3) is 0.333. The minimum absolute atomic E-state index is 0.0547. The van der Waals surface area contributed by atoms with Crippen LogP contribution in [0.2, 0.25) is 0 Å². The first kappa shape index (κ1) is 8.29. The van der Waals surface area contributed by atoms with Gasteiger partial charge in [-0.2, -0.15) is 12.6 Å². The molecule has 0 saturated heterocycles. The summed E-state index contributed by atoms with van der Waals surface area (Å²) in [7, 11) is 0. The molecule has 1 N–H and O–H groups in total. The van der Waals surface area contributed by atoms with E-state index < -0.39 is 18.0 Å². The van der Waals surface area contributed by atoms with Gasteiger partial charge in [0.25, 0.3) is 11.8 Å². The molecule has 1 unspecified atom stereocenters. The van der Waals surface area contributed by atoms with Crippen molar-refractivity contribution in [2.24, 2.45) is 0 Å². The van der Waals surface area contributed by atoms with Crippen LogP contribution < -0.4 is 0 Å². The van der Waals surface area contributed by atoms with Crippen molar-refractivity contribution in [1.29, 1.82) is 0 Å². The van der Waals surface area contributed by atoms with Crippen LogP contribution in [0.3, 0.4) is 0 Å². The van der Waals surface area contributed by atoms with Gasteiger partial charge in [0.2, 0.25) is 0 Å². The van der Waals surface area contributed by atoms with Gasteiger partial charge in [-0.15, -0.1) is 0 Å². The summed E-state index contributed by atoms with van der Waals surface area (Å²) in [6.45, 7) is 0. The number of aliphatic hydroxyl groups excluding tert-OH is 1. The Morgan fingerprint density at radius 1 is 1.45 bits per heavy atom. The summed E-state index contributed by atoms with van der Waals surface area (Å²) >= 11 is 3.75. The Hall–Kier alpha value is -0.810. The summed E-state index contributed by atoms with van der Waals surface area (Å²) < 4.78 is 0. The molecule has 0 spiro atoms. The van der Waals surface area contributed by atoms with Gasteiger partial charge in [-0.1, -0.05) is 0 Å². The van der Waals surface area contributed by atoms with Crippen LogP contribution in [0, 0.1) is 0 Å². The highest BCUT2D eigenvalue weighted by Gasteiger charge is 2.28. The number of thiol groups is 1. The van der Waals surface area contributed by atoms with Crippen LogP contribution in [0.4, 0.5) is 0 Å². The highest BCUT2D eigenvalue weighted by atomic mass is 32.1. The molecule has 1 aliphatic rings. The maximum absolute atomic E-state index is 10.8. The number of aliphatic hydroxyl groups is 1. The van der Waals surface area contributed by atoms with Crippen molar-refractivity contribution in [1.82, 2.24) is 4.90 Å². The molecule has 1 atom stereocenters. The largest absolute Gasteiger partial charge is 0.372 e. The normalized spacial score (nSPS) is 19.6. The highest BCUT2D eigenvalue weighted by molar-refractivity contribution is 7.80. The molecule has 0 radical (unpaired) electrons. The number of hydrogen-bond donors (Lipinski definition) is 2. The van der Waals surface area contributed by atoms with Crippen LogP contribution in [0.15, 0.2) is 12.2 Å². The third-order valence-electron chi connectivity index (χ3n) is 1.30. The van der Waals surface area contributed by atoms with E-state index in [0.29, 0.717) is 0 Å². The summed E-state index contributed by atoms with van der Waals surface area (Å²) in [5, 5.41) is 9.07. The molecule has 0 aromatic carbocycles. The molecule has 0 fully saturated rings. The van der Waals surface area contributed by atoms with E-state index in [4.69, 9.17) is 5.11 Å². The summed E-state index contributed by atoms with van der Waals surface area (Å²) in [6.07, 6.45) is 1.12. The van der Waals surface area contributed by atoms with Crippen LogP contribution in [-0.2, 0) is 9.59 Å². The lowest BCUT2D eigenvalue weighted by atomic mass is 10.5. The van der Waals surface area contributed by atoms with Gasteiger partial charge >= 0.3 is 0 Å². The second-order valence-electron chi connectivity index (χ2n) is 2.04. The molecule has 0 bridgehead atoms. The first-order chi connectivity index (χ1) is 5.16. The molecule has 0 saturated carbocycles. The van der Waals surface area contributed by atoms with E-state index in [1.807, 2.05) is 0 Å². The van der Waals surface area contributed by atoms with E-state index >= 15 is 0 Å². The van der Waals surface area contributed by atoms with E-state index in [1.165, 1.54) is 0 Å². The van der Waals surface area contributed by atoms with E-state index in [9.17, 15) is 9.59 Å². The Kier molecular flexibility index (Phi) is 2.31. The monoisotopic (exact) mass is 173 g/mol. The summed E-state index contributed by atoms with van der Waals surface area (Å²) in [4.78, 5) is 22.4. The molecule has 1 aliphatic heterocycles. The fourth-order valence-electron chi connectivity index (χ4n) is 0.787. The number of carbonyl (C=O) groups is 2. The minimum atomic E-state index is -1.12. The number of amides is 2. The minimum Gasteiger partial charge on any atom is -0.372 e. The lowest BCUT2D eigenvalue weighted by Gasteiger charge is -2.18. The quantitative estimate of drug-likeness (QED) is 0.423. The second-order valence-corrected chi connectivity index (χ2v) is 2.41. The molecule has 2 amide bonds. The standard InChI is InChI=1S/C6H7NO3S/c8-4-1-2-5(9)7(4)6(10)3-11/h1-2,6,10-11H,3H2. The van der Waals surface area contributed by atoms with Crippen molar-refractivity contribution in [3.8, 4) is 0 Å². The molecule has 0 aliphatic carbocycles. The average Bonchev–Trinajstić information content (AvgIpc) is 2.30. The van der Waals surface area contributed by atoms with Crippen molar-refractivity contribution >= 4 is 24.4 Å². The van der Waals surface area contributed by atoms with Crippen LogP contribution in [-0.4, -0.2) is 33.8 Å². The molecule has 4 nitrogen and oxygen atoms in total. The Morgan fingerprint density at radius 3 is 2.27 bits per heavy atom. The van der Waals surface area contributed by atoms with Crippen molar-refractivity contribution in [2.45, 2.75) is 6.23 Å². The third-order valence-corrected chi connectivity index (χ3v) is 1.63. The molecule has 0 aromatic rings. The first-order valence-corrected chi connectivity index (χ1v) is 3.64. The summed E-state index contributed by atoms with van der Waals surface area (Å²) in [5.41, 5.74) is 0. The van der Waals surface area contributed by atoms with Crippen LogP contribution in [0.1, 0.15) is 0 Å². The first-order valence-electron chi connectivity index (χ1n) is 3.01. The lowest BCUT2D eigenvalue weighted by molar-refractivity contribution is -0.145. The summed E-state index contributed by atoms with van der Waals surface area (Å²) in [5.74, 6) is -0.924. The van der Waals surface area contributed by atoms with E-state index in [0.717, 1.165) is 17.1 Å². The van der Waals surface area contributed by atoms with Crippen molar-refractivity contribution in [2.75, 3.05) is 5.75 Å². The average molecular weight is 173 g/mol. The smallest absolute Gasteiger partial charge is 0.255 e. The summed E-state index contributed by atoms with van der Waals surface area (Å²) in [6, 6.07) is 0. The second kappa shape index (κ2) is 3.06. The van der Waals surface area contributed by atoms with E-state index in [-0.39, 0.29) is 5.75 Å². The number of nitrogens with zero attached hydrogens (tertiary/aromatic N) is 1. The molecule has 11 heavy (non-hydrogen) atoms. The molecule has 0 aromatic heterocycles. The maximum atomic E-state index is 10.8. The molecule has 60 valence electrons. The number of hydrogen-bond acceptors (Lipinski definition) is 4. The number of imide groups is 1. The van der Waals surface area contributed by atoms with Gasteiger partial charge in [-0.05, 0) is 0 Å². The van der Waals surface area contributed by atoms with Gasteiger partial charge < -0.3 is 5.11 Å². The Labute approximate surface area is 68.9 Å². The zero-order chi connectivity index (χ0) is 8.43. The molecule has 1 heterocycles. The lowest BCUT2D eigenvalue weighted by Crippen LogP contribution is -2.40. The Morgan fingerprint density at radius 2 is 1.91 bits per heavy atom. The van der Waals surface area contributed by atoms with Gasteiger partial charge in [0, 0.05) is 17.9 Å². The molecular formula is C6H7NO3S. The molecule has 5 heteroatoms. The Bertz CT molecular complexity index is 208. The maximum Gasteiger partial charge on any atom is 0.255 e. The van der Waals surface area contributed by atoms with Gasteiger partial charge in [-0.3, -0.25) is 9.59 Å². The molecule has 1 rings (SSSR count). The van der Waals surface area contributed by atoms with Crippen molar-refractivity contribution in [3.63, 3.8) is 0 Å². The SMILES string of the molecule is O=C1C=CC(=O)N1C(O)CS. The number of carbonyl (C=O) groups excluding carboxylic acids is 2. The zero-order valence-corrected chi connectivity index (χ0v) is 6.49. The van der Waals surface area contributed by atoms with Gasteiger partial charge in [0.1, 0.15) is 6.23 Å². The Balaban J connectivity index is 2.73. The van der Waals surface area contributed by atoms with Gasteiger partial charge in [0.05, 0.1) is 0 Å². The zero-order valence-electron chi connectivity index (χ0n) is 5.60. The van der Waals surface area contributed by atoms with Crippen molar-refractivity contribution < 1.29 is 14.7 Å². The predicted molar refractivity (Wildman–Crippen MR) is 40.9 cm³/mol. The van der Waals surface area contributed by atoms with Gasteiger partial charge in [-0.25, -0.2) is 4.90 Å². The third kappa shape index (κ3) is 1.44. The van der Waals surface area contributed by atoms with Crippen LogP contribution in [0.25, 0.3) is 0 Å². The predicted octanol–water partition coefficient (Wildman–Crippen LogP) is -0.840. The topological polar surface area (TPSA) is 57.6 Å². The molecular weight excluding hydrogens is 166 g/mol. The van der Waals surface area contributed by atoms with E-state index in [1.54, 1.807) is 0 Å². The highest BCUT2D eigenvalue weighted by Crippen LogP contribution is 2.07.